The molecular formula is C26H28N6O5. The molecule has 37 heavy (non-hydrogen) atoms. The van der Waals surface area contributed by atoms with Crippen LogP contribution in [0.1, 0.15) is 49.0 Å². The van der Waals surface area contributed by atoms with Gasteiger partial charge in [-0.15, -0.1) is 10.2 Å². The van der Waals surface area contributed by atoms with Gasteiger partial charge in [-0.1, -0.05) is 18.9 Å². The van der Waals surface area contributed by atoms with Crippen LogP contribution in [-0.4, -0.2) is 43.2 Å². The number of hydrogen-bond acceptors (Lipinski definition) is 8. The highest BCUT2D eigenvalue weighted by atomic mass is 16.3. The maximum absolute atomic E-state index is 13.8. The summed E-state index contributed by atoms with van der Waals surface area (Å²) >= 11 is 0. The van der Waals surface area contributed by atoms with Crippen molar-refractivity contribution in [1.82, 2.24) is 25.5 Å². The number of phenolic OH excluding ortho intramolecular Hbond substituents is 1. The first-order valence-electron chi connectivity index (χ1n) is 12.2. The lowest BCUT2D eigenvalue weighted by Gasteiger charge is -2.30. The smallest absolute Gasteiger partial charge is 0.251 e. The van der Waals surface area contributed by atoms with Crippen molar-refractivity contribution >= 4 is 17.5 Å². The van der Waals surface area contributed by atoms with Gasteiger partial charge in [0.15, 0.2) is 11.8 Å². The zero-order valence-corrected chi connectivity index (χ0v) is 20.6. The van der Waals surface area contributed by atoms with E-state index in [1.54, 1.807) is 50.2 Å². The van der Waals surface area contributed by atoms with Crippen molar-refractivity contribution in [2.45, 2.75) is 58.2 Å². The molecular weight excluding hydrogens is 476 g/mol. The van der Waals surface area contributed by atoms with Gasteiger partial charge in [0, 0.05) is 17.8 Å². The number of nitrogens with one attached hydrogen (secondary N) is 1. The fraction of sp³-hybridized carbons (Fsp3) is 0.346. The van der Waals surface area contributed by atoms with Crippen LogP contribution in [0.5, 0.6) is 5.75 Å². The Morgan fingerprint density at radius 3 is 2.54 bits per heavy atom. The van der Waals surface area contributed by atoms with Crippen LogP contribution in [-0.2, 0) is 16.1 Å². The van der Waals surface area contributed by atoms with E-state index in [0.717, 1.165) is 30.5 Å². The Morgan fingerprint density at radius 1 is 1.11 bits per heavy atom. The van der Waals surface area contributed by atoms with Gasteiger partial charge in [0.25, 0.3) is 11.8 Å². The number of hydrogen-bond donors (Lipinski definition) is 2. The van der Waals surface area contributed by atoms with Crippen LogP contribution >= 0.6 is 0 Å². The molecule has 0 aliphatic heterocycles. The van der Waals surface area contributed by atoms with Crippen molar-refractivity contribution in [3.05, 3.63) is 65.8 Å². The van der Waals surface area contributed by atoms with Gasteiger partial charge in [0.05, 0.1) is 0 Å². The summed E-state index contributed by atoms with van der Waals surface area (Å²) in [5.41, 5.74) is 0.327. The summed E-state index contributed by atoms with van der Waals surface area (Å²) in [4.78, 5) is 29.9. The van der Waals surface area contributed by atoms with Crippen molar-refractivity contribution in [1.29, 1.82) is 0 Å². The lowest BCUT2D eigenvalue weighted by molar-refractivity contribution is -0.128. The van der Waals surface area contributed by atoms with Gasteiger partial charge in [-0.25, -0.2) is 0 Å². The van der Waals surface area contributed by atoms with Crippen LogP contribution in [0.2, 0.25) is 0 Å². The molecule has 0 radical (unpaired) electrons. The summed E-state index contributed by atoms with van der Waals surface area (Å²) < 4.78 is 11.4. The Balaban J connectivity index is 1.49. The van der Waals surface area contributed by atoms with Gasteiger partial charge >= 0.3 is 0 Å². The lowest BCUT2D eigenvalue weighted by Crippen LogP contribution is -2.47. The molecule has 1 aromatic carbocycles. The first kappa shape index (κ1) is 24.3. The molecule has 1 aliphatic carbocycles. The van der Waals surface area contributed by atoms with Crippen molar-refractivity contribution in [3.63, 3.8) is 0 Å². The van der Waals surface area contributed by atoms with Gasteiger partial charge in [-0.2, -0.15) is 4.80 Å². The molecule has 1 saturated carbocycles. The normalized spacial score (nSPS) is 14.5. The zero-order valence-electron chi connectivity index (χ0n) is 20.6. The third-order valence-electron chi connectivity index (χ3n) is 6.31. The average molecular weight is 505 g/mol. The molecule has 0 spiro atoms. The molecule has 11 nitrogen and oxygen atoms in total. The number of tetrazole rings is 1. The van der Waals surface area contributed by atoms with Gasteiger partial charge in [0.2, 0.25) is 5.82 Å². The highest BCUT2D eigenvalue weighted by molar-refractivity contribution is 6.01. The number of phenols is 1. The molecule has 3 heterocycles. The molecule has 2 N–H and O–H groups in total. The number of furan rings is 2. The van der Waals surface area contributed by atoms with Crippen LogP contribution in [0.4, 0.5) is 5.69 Å². The van der Waals surface area contributed by atoms with Crippen LogP contribution in [0.3, 0.4) is 0 Å². The molecule has 0 bridgehead atoms. The standard InChI is InChI=1S/C26H28N6O5/c1-16-10-12-21(36-16)24(26(35)27-18-6-3-4-7-18)32(19-8-5-9-20(33)14-19)23(34)15-31-29-25(28-30-31)22-13-11-17(2)37-22/h5,8-14,18,24,33H,3-4,6-7,15H2,1-2H3,(H,27,35). The van der Waals surface area contributed by atoms with Crippen molar-refractivity contribution in [3.8, 4) is 17.3 Å². The lowest BCUT2D eigenvalue weighted by atomic mass is 10.1. The first-order valence-corrected chi connectivity index (χ1v) is 12.2. The number of carbonyl (C=O) groups excluding carboxylic acids is 2. The maximum atomic E-state index is 13.8. The third kappa shape index (κ3) is 5.40. The molecule has 1 fully saturated rings. The predicted molar refractivity (Wildman–Crippen MR) is 132 cm³/mol. The summed E-state index contributed by atoms with van der Waals surface area (Å²) in [5, 5.41) is 25.5. The monoisotopic (exact) mass is 504 g/mol. The topological polar surface area (TPSA) is 140 Å². The van der Waals surface area contributed by atoms with Crippen LogP contribution in [0, 0.1) is 13.8 Å². The van der Waals surface area contributed by atoms with Gasteiger partial charge in [-0.05, 0) is 68.3 Å². The Bertz CT molecular complexity index is 1400. The predicted octanol–water partition coefficient (Wildman–Crippen LogP) is 3.68. The minimum atomic E-state index is -1.11. The fourth-order valence-electron chi connectivity index (χ4n) is 4.57. The number of nitrogens with zero attached hydrogens (tertiary/aromatic N) is 5. The van der Waals surface area contributed by atoms with Gasteiger partial charge in [0.1, 0.15) is 29.6 Å². The molecule has 11 heteroatoms. The van der Waals surface area contributed by atoms with E-state index >= 15 is 0 Å². The maximum Gasteiger partial charge on any atom is 0.251 e. The number of carbonyl (C=O) groups is 2. The number of anilines is 1. The van der Waals surface area contributed by atoms with E-state index in [2.05, 4.69) is 20.7 Å². The second kappa shape index (κ2) is 10.3. The Morgan fingerprint density at radius 2 is 1.86 bits per heavy atom. The number of benzene rings is 1. The molecule has 5 rings (SSSR count). The van der Waals surface area contributed by atoms with E-state index in [1.807, 2.05) is 0 Å². The fourth-order valence-corrected chi connectivity index (χ4v) is 4.57. The second-order valence-electron chi connectivity index (χ2n) is 9.18. The van der Waals surface area contributed by atoms with E-state index in [4.69, 9.17) is 8.83 Å². The highest BCUT2D eigenvalue weighted by Gasteiger charge is 2.37. The Labute approximate surface area is 213 Å². The minimum absolute atomic E-state index is 0.0310. The Kier molecular flexibility index (Phi) is 6.76. The molecule has 0 saturated heterocycles. The highest BCUT2D eigenvalue weighted by Crippen LogP contribution is 2.32. The van der Waals surface area contributed by atoms with E-state index in [1.165, 1.54) is 17.0 Å². The summed E-state index contributed by atoms with van der Waals surface area (Å²) in [6.07, 6.45) is 3.85. The minimum Gasteiger partial charge on any atom is -0.508 e. The Hall–Kier alpha value is -4.41. The SMILES string of the molecule is Cc1ccc(-c2nnn(CC(=O)N(c3cccc(O)c3)C(C(=O)NC3CCCC3)c3ccc(C)o3)n2)o1. The molecule has 1 atom stereocenters. The summed E-state index contributed by atoms with van der Waals surface area (Å²) in [5.74, 6) is 1.37. The van der Waals surface area contributed by atoms with E-state index in [-0.39, 0.29) is 30.1 Å². The summed E-state index contributed by atoms with van der Waals surface area (Å²) in [6, 6.07) is 12.0. The number of aromatic hydroxyl groups is 1. The van der Waals surface area contributed by atoms with E-state index < -0.39 is 11.9 Å². The van der Waals surface area contributed by atoms with E-state index in [0.29, 0.717) is 28.7 Å². The number of amides is 2. The van der Waals surface area contributed by atoms with Crippen molar-refractivity contribution < 1.29 is 23.5 Å². The zero-order chi connectivity index (χ0) is 25.9. The molecule has 2 amide bonds. The molecule has 1 aliphatic rings. The quantitative estimate of drug-likeness (QED) is 0.370. The largest absolute Gasteiger partial charge is 0.508 e. The van der Waals surface area contributed by atoms with Gasteiger partial charge < -0.3 is 19.3 Å². The number of aryl methyl sites for hydroxylation is 2. The number of rotatable bonds is 8. The molecule has 1 unspecified atom stereocenters. The third-order valence-corrected chi connectivity index (χ3v) is 6.31. The second-order valence-corrected chi connectivity index (χ2v) is 9.18. The van der Waals surface area contributed by atoms with Crippen LogP contribution in [0.15, 0.2) is 57.4 Å². The first-order chi connectivity index (χ1) is 17.9. The summed E-state index contributed by atoms with van der Waals surface area (Å²) in [6.45, 7) is 3.26. The van der Waals surface area contributed by atoms with Crippen LogP contribution in [0.25, 0.3) is 11.6 Å². The number of aromatic nitrogens is 4. The average Bonchev–Trinajstić information content (AvgIpc) is 3.66. The van der Waals surface area contributed by atoms with E-state index in [9.17, 15) is 14.7 Å². The van der Waals surface area contributed by atoms with Gasteiger partial charge in [-0.3, -0.25) is 14.5 Å². The molecule has 3 aromatic heterocycles. The van der Waals surface area contributed by atoms with Crippen molar-refractivity contribution in [2.75, 3.05) is 4.90 Å². The summed E-state index contributed by atoms with van der Waals surface area (Å²) in [7, 11) is 0. The van der Waals surface area contributed by atoms with Crippen molar-refractivity contribution in [2.24, 2.45) is 0 Å². The van der Waals surface area contributed by atoms with Crippen LogP contribution < -0.4 is 10.2 Å². The molecule has 4 aromatic rings. The molecule has 192 valence electrons.